The van der Waals surface area contributed by atoms with Crippen molar-refractivity contribution >= 4 is 40.8 Å². The zero-order valence-electron chi connectivity index (χ0n) is 12.9. The van der Waals surface area contributed by atoms with E-state index in [2.05, 4.69) is 5.32 Å². The van der Waals surface area contributed by atoms with Crippen molar-refractivity contribution in [2.24, 2.45) is 5.92 Å². The predicted octanol–water partition coefficient (Wildman–Crippen LogP) is 4.26. The van der Waals surface area contributed by atoms with Gasteiger partial charge in [-0.05, 0) is 48.4 Å². The van der Waals surface area contributed by atoms with E-state index < -0.39 is 17.8 Å². The molecule has 24 heavy (non-hydrogen) atoms. The van der Waals surface area contributed by atoms with Crippen LogP contribution in [0.25, 0.3) is 0 Å². The number of ether oxygens (including phenoxy) is 1. The van der Waals surface area contributed by atoms with Crippen LogP contribution in [0.4, 0.5) is 5.69 Å². The summed E-state index contributed by atoms with van der Waals surface area (Å²) in [6, 6.07) is 12.3. The van der Waals surface area contributed by atoms with Crippen LogP contribution in [0, 0.1) is 5.92 Å². The summed E-state index contributed by atoms with van der Waals surface area (Å²) >= 11 is 12.1. The lowest BCUT2D eigenvalue weighted by molar-refractivity contribution is -0.151. The summed E-state index contributed by atoms with van der Waals surface area (Å²) in [4.78, 5) is 24.9. The summed E-state index contributed by atoms with van der Waals surface area (Å²) in [7, 11) is 0. The third-order valence-corrected chi connectivity index (χ3v) is 4.48. The van der Waals surface area contributed by atoms with Gasteiger partial charge in [-0.1, -0.05) is 35.3 Å². The molecule has 0 aliphatic carbocycles. The average molecular weight is 364 g/mol. The Balaban J connectivity index is 2.16. The maximum absolute atomic E-state index is 12.5. The molecule has 3 rings (SSSR count). The van der Waals surface area contributed by atoms with Crippen molar-refractivity contribution in [1.82, 2.24) is 0 Å². The quantitative estimate of drug-likeness (QED) is 0.654. The van der Waals surface area contributed by atoms with Crippen LogP contribution >= 0.6 is 23.2 Å². The highest BCUT2D eigenvalue weighted by Gasteiger charge is 2.42. The molecule has 1 N–H and O–H groups in total. The molecule has 0 spiro atoms. The summed E-state index contributed by atoms with van der Waals surface area (Å²) in [6.07, 6.45) is 0. The molecule has 2 atom stereocenters. The number of rotatable bonds is 3. The second-order valence-corrected chi connectivity index (χ2v) is 6.35. The number of esters is 1. The van der Waals surface area contributed by atoms with E-state index >= 15 is 0 Å². The fourth-order valence-corrected chi connectivity index (χ4v) is 3.27. The molecular weight excluding hydrogens is 349 g/mol. The summed E-state index contributed by atoms with van der Waals surface area (Å²) in [6.45, 7) is 1.92. The van der Waals surface area contributed by atoms with Crippen molar-refractivity contribution in [3.8, 4) is 0 Å². The monoisotopic (exact) mass is 363 g/mol. The lowest BCUT2D eigenvalue weighted by Crippen LogP contribution is -2.40. The number of benzene rings is 2. The van der Waals surface area contributed by atoms with Crippen molar-refractivity contribution in [2.75, 3.05) is 11.9 Å². The Labute approximate surface area is 149 Å². The lowest BCUT2D eigenvalue weighted by atomic mass is 9.77. The molecule has 0 radical (unpaired) electrons. The Morgan fingerprint density at radius 1 is 1.12 bits per heavy atom. The molecule has 0 aromatic heterocycles. The molecule has 2 unspecified atom stereocenters. The summed E-state index contributed by atoms with van der Waals surface area (Å²) in [5, 5.41) is 3.88. The van der Waals surface area contributed by atoms with Crippen LogP contribution in [0.3, 0.4) is 0 Å². The average Bonchev–Trinajstić information content (AvgIpc) is 2.55. The van der Waals surface area contributed by atoms with Crippen LogP contribution in [0.1, 0.15) is 24.0 Å². The van der Waals surface area contributed by atoms with Gasteiger partial charge in [-0.15, -0.1) is 0 Å². The molecule has 6 heteroatoms. The molecule has 1 heterocycles. The Bertz CT molecular complexity index is 789. The first-order valence-corrected chi connectivity index (χ1v) is 8.29. The zero-order valence-corrected chi connectivity index (χ0v) is 14.4. The standard InChI is InChI=1S/C18H15Cl2NO3/c1-2-24-18(23)16-15(10-3-5-11(19)6-4-10)13-9-12(20)7-8-14(13)21-17(16)22/h3-9,15-16H,2H2,1H3,(H,21,22). The van der Waals surface area contributed by atoms with E-state index in [1.54, 1.807) is 37.3 Å². The Kier molecular flexibility index (Phi) is 4.78. The number of hydrogen-bond donors (Lipinski definition) is 1. The molecule has 0 bridgehead atoms. The number of nitrogens with one attached hydrogen (secondary N) is 1. The number of amides is 1. The van der Waals surface area contributed by atoms with Crippen molar-refractivity contribution in [3.05, 3.63) is 63.6 Å². The third-order valence-electron chi connectivity index (χ3n) is 3.99. The molecule has 1 amide bonds. The van der Waals surface area contributed by atoms with E-state index in [1.165, 1.54) is 0 Å². The van der Waals surface area contributed by atoms with Gasteiger partial charge in [0.25, 0.3) is 0 Å². The van der Waals surface area contributed by atoms with Crippen molar-refractivity contribution < 1.29 is 14.3 Å². The van der Waals surface area contributed by atoms with Crippen LogP contribution in [0.15, 0.2) is 42.5 Å². The maximum Gasteiger partial charge on any atom is 0.319 e. The molecule has 1 aliphatic heterocycles. The highest BCUT2D eigenvalue weighted by atomic mass is 35.5. The molecule has 2 aromatic rings. The van der Waals surface area contributed by atoms with Crippen molar-refractivity contribution in [2.45, 2.75) is 12.8 Å². The van der Waals surface area contributed by atoms with Crippen LogP contribution in [-0.2, 0) is 14.3 Å². The topological polar surface area (TPSA) is 55.4 Å². The van der Waals surface area contributed by atoms with Crippen LogP contribution in [0.5, 0.6) is 0 Å². The minimum absolute atomic E-state index is 0.207. The van der Waals surface area contributed by atoms with Gasteiger partial charge in [-0.3, -0.25) is 9.59 Å². The summed E-state index contributed by atoms with van der Waals surface area (Å²) in [5.41, 5.74) is 2.23. The largest absolute Gasteiger partial charge is 0.465 e. The van der Waals surface area contributed by atoms with Gasteiger partial charge >= 0.3 is 5.97 Å². The Morgan fingerprint density at radius 3 is 2.46 bits per heavy atom. The molecule has 1 aliphatic rings. The van der Waals surface area contributed by atoms with E-state index in [0.717, 1.165) is 11.1 Å². The highest BCUT2D eigenvalue weighted by molar-refractivity contribution is 6.31. The van der Waals surface area contributed by atoms with Crippen LogP contribution in [-0.4, -0.2) is 18.5 Å². The van der Waals surface area contributed by atoms with E-state index in [9.17, 15) is 9.59 Å². The maximum atomic E-state index is 12.5. The Morgan fingerprint density at radius 2 is 1.79 bits per heavy atom. The minimum atomic E-state index is -0.975. The molecule has 0 saturated heterocycles. The molecule has 124 valence electrons. The summed E-state index contributed by atoms with van der Waals surface area (Å²) in [5.74, 6) is -2.40. The van der Waals surface area contributed by atoms with E-state index in [-0.39, 0.29) is 12.5 Å². The second-order valence-electron chi connectivity index (χ2n) is 5.48. The first-order valence-electron chi connectivity index (χ1n) is 7.53. The molecule has 4 nitrogen and oxygen atoms in total. The highest BCUT2D eigenvalue weighted by Crippen LogP contribution is 2.42. The lowest BCUT2D eigenvalue weighted by Gasteiger charge is -2.32. The van der Waals surface area contributed by atoms with Gasteiger partial charge < -0.3 is 10.1 Å². The summed E-state index contributed by atoms with van der Waals surface area (Å²) < 4.78 is 5.11. The van der Waals surface area contributed by atoms with Gasteiger partial charge in [0.15, 0.2) is 0 Å². The third kappa shape index (κ3) is 3.12. The van der Waals surface area contributed by atoms with E-state index in [1.807, 2.05) is 12.1 Å². The number of carbonyl (C=O) groups is 2. The van der Waals surface area contributed by atoms with Gasteiger partial charge in [-0.25, -0.2) is 0 Å². The van der Waals surface area contributed by atoms with E-state index in [4.69, 9.17) is 27.9 Å². The SMILES string of the molecule is CCOC(=O)C1C(=O)Nc2ccc(Cl)cc2C1c1ccc(Cl)cc1. The van der Waals surface area contributed by atoms with Gasteiger partial charge in [-0.2, -0.15) is 0 Å². The predicted molar refractivity (Wildman–Crippen MR) is 93.5 cm³/mol. The number of fused-ring (bicyclic) bond motifs is 1. The molecule has 0 saturated carbocycles. The van der Waals surface area contributed by atoms with Gasteiger partial charge in [0.1, 0.15) is 5.92 Å². The first-order chi connectivity index (χ1) is 11.5. The Hall–Kier alpha value is -2.04. The molecular formula is C18H15Cl2NO3. The van der Waals surface area contributed by atoms with Crippen molar-refractivity contribution in [1.29, 1.82) is 0 Å². The van der Waals surface area contributed by atoms with Crippen LogP contribution < -0.4 is 5.32 Å². The van der Waals surface area contributed by atoms with Gasteiger partial charge in [0.05, 0.1) is 6.61 Å². The molecule has 2 aromatic carbocycles. The zero-order chi connectivity index (χ0) is 17.3. The normalized spacial score (nSPS) is 19.4. The van der Waals surface area contributed by atoms with Crippen LogP contribution in [0.2, 0.25) is 10.0 Å². The van der Waals surface area contributed by atoms with Gasteiger partial charge in [0, 0.05) is 21.7 Å². The fraction of sp³-hybridized carbons (Fsp3) is 0.222. The van der Waals surface area contributed by atoms with Crippen molar-refractivity contribution in [3.63, 3.8) is 0 Å². The second kappa shape index (κ2) is 6.83. The number of carbonyl (C=O) groups excluding carboxylic acids is 2. The number of halogens is 2. The number of hydrogen-bond acceptors (Lipinski definition) is 3. The minimum Gasteiger partial charge on any atom is -0.465 e. The van der Waals surface area contributed by atoms with Gasteiger partial charge in [0.2, 0.25) is 5.91 Å². The first kappa shape index (κ1) is 16.8. The fourth-order valence-electron chi connectivity index (χ4n) is 2.96. The smallest absolute Gasteiger partial charge is 0.319 e. The molecule has 0 fully saturated rings. The van der Waals surface area contributed by atoms with E-state index in [0.29, 0.717) is 15.7 Å². The number of anilines is 1.